The van der Waals surface area contributed by atoms with Crippen LogP contribution in [0.5, 0.6) is 0 Å². The third kappa shape index (κ3) is 2.87. The Morgan fingerprint density at radius 2 is 2.25 bits per heavy atom. The summed E-state index contributed by atoms with van der Waals surface area (Å²) in [4.78, 5) is 9.94. The van der Waals surface area contributed by atoms with Crippen molar-refractivity contribution in [2.75, 3.05) is 0 Å². The predicted molar refractivity (Wildman–Crippen MR) is 49.8 cm³/mol. The lowest BCUT2D eigenvalue weighted by molar-refractivity contribution is 0.548. The van der Waals surface area contributed by atoms with E-state index in [0.29, 0.717) is 6.42 Å². The van der Waals surface area contributed by atoms with Gasteiger partial charge in [-0.3, -0.25) is 4.79 Å². The van der Waals surface area contributed by atoms with Crippen molar-refractivity contribution in [2.24, 2.45) is 0 Å². The first-order chi connectivity index (χ1) is 5.83. The number of unbranched alkanes of at least 4 members (excludes halogenated alkanes) is 1. The van der Waals surface area contributed by atoms with Gasteiger partial charge in [-0.25, -0.2) is 0 Å². The van der Waals surface area contributed by atoms with Crippen molar-refractivity contribution in [3.63, 3.8) is 0 Å². The zero-order valence-electron chi connectivity index (χ0n) is 7.34. The number of hydrogen-bond donors (Lipinski definition) is 0. The van der Waals surface area contributed by atoms with E-state index in [9.17, 15) is 4.79 Å². The lowest BCUT2D eigenvalue weighted by Crippen LogP contribution is -1.86. The van der Waals surface area contributed by atoms with Gasteiger partial charge < -0.3 is 0 Å². The maximum atomic E-state index is 9.94. The molecule has 0 unspecified atom stereocenters. The molecule has 0 saturated carbocycles. The first kappa shape index (κ1) is 8.98. The topological polar surface area (TPSA) is 17.1 Å². The highest BCUT2D eigenvalue weighted by Crippen LogP contribution is 2.06. The molecule has 0 aliphatic carbocycles. The largest absolute Gasteiger partial charge is 0.291 e. The highest BCUT2D eigenvalue weighted by atomic mass is 16.1. The molecule has 0 spiro atoms. The number of rotatable bonds is 4. The molecule has 0 atom stereocenters. The molecule has 1 aromatic rings. The summed E-state index contributed by atoms with van der Waals surface area (Å²) in [6.07, 6.45) is 4.34. The molecule has 1 rings (SSSR count). The van der Waals surface area contributed by atoms with Gasteiger partial charge in [-0.05, 0) is 25.3 Å². The lowest BCUT2D eigenvalue weighted by Gasteiger charge is -1.99. The monoisotopic (exact) mass is 161 g/mol. The van der Waals surface area contributed by atoms with Gasteiger partial charge in [-0.15, -0.1) is 0 Å². The zero-order valence-corrected chi connectivity index (χ0v) is 7.34. The van der Waals surface area contributed by atoms with E-state index in [0.717, 1.165) is 12.8 Å². The van der Waals surface area contributed by atoms with E-state index in [-0.39, 0.29) is 0 Å². The number of carbonyl (C=O) groups excluding carboxylic acids is 1. The van der Waals surface area contributed by atoms with Crippen LogP contribution < -0.4 is 0 Å². The summed E-state index contributed by atoms with van der Waals surface area (Å²) in [7, 11) is 0. The molecule has 0 saturated heterocycles. The molecule has 63 valence electrons. The quantitative estimate of drug-likeness (QED) is 0.620. The van der Waals surface area contributed by atoms with Crippen molar-refractivity contribution in [3.8, 4) is 0 Å². The molecule has 0 bridgehead atoms. The smallest absolute Gasteiger partial charge is 0.198 e. The normalized spacial score (nSPS) is 9.75. The third-order valence-electron chi connectivity index (χ3n) is 1.83. The van der Waals surface area contributed by atoms with Gasteiger partial charge in [0.05, 0.1) is 0 Å². The lowest BCUT2D eigenvalue weighted by atomic mass is 10.1. The highest BCUT2D eigenvalue weighted by molar-refractivity contribution is 5.50. The number of aryl methyl sites for hydroxylation is 2. The van der Waals surface area contributed by atoms with Gasteiger partial charge in [-0.2, -0.15) is 0 Å². The van der Waals surface area contributed by atoms with Crippen LogP contribution in [0.4, 0.5) is 0 Å². The van der Waals surface area contributed by atoms with Crippen molar-refractivity contribution in [1.82, 2.24) is 0 Å². The maximum Gasteiger partial charge on any atom is 0.198 e. The van der Waals surface area contributed by atoms with Crippen molar-refractivity contribution in [2.45, 2.75) is 26.2 Å². The highest BCUT2D eigenvalue weighted by Gasteiger charge is 1.92. The molecule has 0 amide bonds. The molecule has 1 radical (unpaired) electrons. The van der Waals surface area contributed by atoms with Crippen molar-refractivity contribution >= 4 is 6.29 Å². The Morgan fingerprint density at radius 1 is 1.42 bits per heavy atom. The molecule has 12 heavy (non-hydrogen) atoms. The van der Waals surface area contributed by atoms with Crippen LogP contribution in [0.15, 0.2) is 24.3 Å². The van der Waals surface area contributed by atoms with Crippen LogP contribution in [-0.2, 0) is 11.2 Å². The standard InChI is InChI=1S/C11H13O/c1-10-5-4-7-11(9-10)6-2-3-8-12/h4-5,7,9H,2-3,6H2,1H3. The molecule has 0 heterocycles. The summed E-state index contributed by atoms with van der Waals surface area (Å²) >= 11 is 0. The van der Waals surface area contributed by atoms with E-state index in [1.807, 2.05) is 6.29 Å². The minimum Gasteiger partial charge on any atom is -0.291 e. The SMILES string of the molecule is Cc1cccc(CCC[C]=O)c1. The van der Waals surface area contributed by atoms with Gasteiger partial charge in [0.2, 0.25) is 0 Å². The molecule has 0 fully saturated rings. The molecule has 0 aliphatic rings. The van der Waals surface area contributed by atoms with Crippen LogP contribution >= 0.6 is 0 Å². The Bertz CT molecular complexity index is 253. The van der Waals surface area contributed by atoms with Crippen molar-refractivity contribution < 1.29 is 4.79 Å². The van der Waals surface area contributed by atoms with Crippen LogP contribution in [0.1, 0.15) is 24.0 Å². The second-order valence-corrected chi connectivity index (χ2v) is 2.99. The average molecular weight is 161 g/mol. The number of hydrogen-bond acceptors (Lipinski definition) is 1. The third-order valence-corrected chi connectivity index (χ3v) is 1.83. The summed E-state index contributed by atoms with van der Waals surface area (Å²) < 4.78 is 0. The van der Waals surface area contributed by atoms with Crippen molar-refractivity contribution in [3.05, 3.63) is 35.4 Å². The van der Waals surface area contributed by atoms with E-state index in [1.165, 1.54) is 11.1 Å². The van der Waals surface area contributed by atoms with Gasteiger partial charge in [0.1, 0.15) is 0 Å². The Hall–Kier alpha value is -1.11. The van der Waals surface area contributed by atoms with Gasteiger partial charge in [0.25, 0.3) is 0 Å². The number of benzene rings is 1. The van der Waals surface area contributed by atoms with Gasteiger partial charge in [0, 0.05) is 6.42 Å². The van der Waals surface area contributed by atoms with E-state index in [2.05, 4.69) is 31.2 Å². The Balaban J connectivity index is 2.46. The zero-order chi connectivity index (χ0) is 8.81. The molecule has 1 aromatic carbocycles. The Labute approximate surface area is 73.4 Å². The fourth-order valence-electron chi connectivity index (χ4n) is 1.23. The molecule has 0 N–H and O–H groups in total. The van der Waals surface area contributed by atoms with Gasteiger partial charge in [-0.1, -0.05) is 29.8 Å². The summed E-state index contributed by atoms with van der Waals surface area (Å²) in [5, 5.41) is 0. The first-order valence-corrected chi connectivity index (χ1v) is 4.23. The molecule has 0 aliphatic heterocycles. The summed E-state index contributed by atoms with van der Waals surface area (Å²) in [5.74, 6) is 0. The fourth-order valence-corrected chi connectivity index (χ4v) is 1.23. The summed E-state index contributed by atoms with van der Waals surface area (Å²) in [6.45, 7) is 2.08. The second kappa shape index (κ2) is 4.70. The second-order valence-electron chi connectivity index (χ2n) is 2.99. The Morgan fingerprint density at radius 3 is 2.92 bits per heavy atom. The maximum absolute atomic E-state index is 9.94. The summed E-state index contributed by atoms with van der Waals surface area (Å²) in [5.41, 5.74) is 2.59. The Kier molecular flexibility index (Phi) is 3.52. The predicted octanol–water partition coefficient (Wildman–Crippen LogP) is 2.43. The molecular weight excluding hydrogens is 148 g/mol. The minimum absolute atomic E-state index is 0.550. The van der Waals surface area contributed by atoms with Crippen LogP contribution in [-0.4, -0.2) is 6.29 Å². The van der Waals surface area contributed by atoms with Crippen molar-refractivity contribution in [1.29, 1.82) is 0 Å². The van der Waals surface area contributed by atoms with Crippen LogP contribution in [0.2, 0.25) is 0 Å². The van der Waals surface area contributed by atoms with E-state index < -0.39 is 0 Å². The fraction of sp³-hybridized carbons (Fsp3) is 0.364. The molecule has 1 heteroatoms. The average Bonchev–Trinajstić information content (AvgIpc) is 2.05. The van der Waals surface area contributed by atoms with E-state index in [4.69, 9.17) is 0 Å². The van der Waals surface area contributed by atoms with Crippen LogP contribution in [0, 0.1) is 6.92 Å². The van der Waals surface area contributed by atoms with E-state index >= 15 is 0 Å². The molecule has 1 nitrogen and oxygen atoms in total. The molecular formula is C11H13O. The van der Waals surface area contributed by atoms with Crippen LogP contribution in [0.25, 0.3) is 0 Å². The van der Waals surface area contributed by atoms with E-state index in [1.54, 1.807) is 0 Å². The van der Waals surface area contributed by atoms with Gasteiger partial charge in [0.15, 0.2) is 6.29 Å². The first-order valence-electron chi connectivity index (χ1n) is 4.23. The minimum atomic E-state index is 0.550. The summed E-state index contributed by atoms with van der Waals surface area (Å²) in [6, 6.07) is 8.38. The molecule has 0 aromatic heterocycles. The van der Waals surface area contributed by atoms with Gasteiger partial charge >= 0.3 is 0 Å². The van der Waals surface area contributed by atoms with Crippen LogP contribution in [0.3, 0.4) is 0 Å².